The quantitative estimate of drug-likeness (QED) is 0.665. The highest BCUT2D eigenvalue weighted by Gasteiger charge is 2.10. The van der Waals surface area contributed by atoms with Gasteiger partial charge in [-0.05, 0) is 25.8 Å². The van der Waals surface area contributed by atoms with E-state index in [0.717, 1.165) is 13.0 Å². The molecular weight excluding hydrogens is 194 g/mol. The van der Waals surface area contributed by atoms with E-state index in [0.29, 0.717) is 19.0 Å². The van der Waals surface area contributed by atoms with Gasteiger partial charge in [0.05, 0.1) is 13.0 Å². The lowest BCUT2D eigenvalue weighted by molar-refractivity contribution is -0.137. The Bertz CT molecular complexity index is 214. The third kappa shape index (κ3) is 9.41. The zero-order valence-corrected chi connectivity index (χ0v) is 9.82. The van der Waals surface area contributed by atoms with Crippen LogP contribution in [0.4, 0.5) is 0 Å². The van der Waals surface area contributed by atoms with Crippen molar-refractivity contribution in [3.8, 4) is 0 Å². The molecule has 4 heteroatoms. The van der Waals surface area contributed by atoms with Crippen molar-refractivity contribution in [1.29, 1.82) is 0 Å². The Hall–Kier alpha value is -0.900. The fourth-order valence-corrected chi connectivity index (χ4v) is 1.28. The molecule has 0 rings (SSSR count). The van der Waals surface area contributed by atoms with Gasteiger partial charge in [-0.15, -0.1) is 0 Å². The third-order valence-electron chi connectivity index (χ3n) is 2.11. The molecule has 0 aromatic rings. The largest absolute Gasteiger partial charge is 0.481 e. The standard InChI is InChI=1S/C11H21NO3/c1-9(2)4-6-12(8-10(3)13)7-5-11(14)15/h9H,4-8H2,1-3H3,(H,14,15). The van der Waals surface area contributed by atoms with E-state index in [1.165, 1.54) is 6.92 Å². The summed E-state index contributed by atoms with van der Waals surface area (Å²) in [6.07, 6.45) is 1.10. The highest BCUT2D eigenvalue weighted by molar-refractivity contribution is 5.77. The molecule has 0 saturated heterocycles. The summed E-state index contributed by atoms with van der Waals surface area (Å²) in [7, 11) is 0. The molecule has 4 nitrogen and oxygen atoms in total. The van der Waals surface area contributed by atoms with E-state index in [2.05, 4.69) is 13.8 Å². The van der Waals surface area contributed by atoms with Gasteiger partial charge in [0.2, 0.25) is 0 Å². The van der Waals surface area contributed by atoms with Gasteiger partial charge in [0.15, 0.2) is 0 Å². The van der Waals surface area contributed by atoms with Crippen molar-refractivity contribution < 1.29 is 14.7 Å². The Morgan fingerprint density at radius 1 is 1.27 bits per heavy atom. The van der Waals surface area contributed by atoms with E-state index in [1.807, 2.05) is 4.90 Å². The van der Waals surface area contributed by atoms with Crippen LogP contribution in [-0.2, 0) is 9.59 Å². The molecule has 0 aliphatic heterocycles. The van der Waals surface area contributed by atoms with Crippen molar-refractivity contribution in [2.45, 2.75) is 33.6 Å². The van der Waals surface area contributed by atoms with Crippen LogP contribution in [0, 0.1) is 5.92 Å². The molecule has 0 amide bonds. The Morgan fingerprint density at radius 2 is 1.87 bits per heavy atom. The van der Waals surface area contributed by atoms with E-state index < -0.39 is 5.97 Å². The fourth-order valence-electron chi connectivity index (χ4n) is 1.28. The van der Waals surface area contributed by atoms with Gasteiger partial charge in [0.1, 0.15) is 5.78 Å². The predicted molar refractivity (Wildman–Crippen MR) is 58.8 cm³/mol. The van der Waals surface area contributed by atoms with Gasteiger partial charge >= 0.3 is 5.97 Å². The summed E-state index contributed by atoms with van der Waals surface area (Å²) < 4.78 is 0. The van der Waals surface area contributed by atoms with Crippen LogP contribution in [0.25, 0.3) is 0 Å². The number of Topliss-reactive ketones (excluding diaryl/α,β-unsaturated/α-hetero) is 1. The Labute approximate surface area is 91.3 Å². The number of hydrogen-bond donors (Lipinski definition) is 1. The van der Waals surface area contributed by atoms with E-state index in [9.17, 15) is 9.59 Å². The van der Waals surface area contributed by atoms with Crippen LogP contribution in [0.2, 0.25) is 0 Å². The van der Waals surface area contributed by atoms with Gasteiger partial charge in [0.25, 0.3) is 0 Å². The maximum absolute atomic E-state index is 11.0. The molecule has 0 atom stereocenters. The summed E-state index contributed by atoms with van der Waals surface area (Å²) in [6.45, 7) is 7.38. The van der Waals surface area contributed by atoms with Crippen LogP contribution >= 0.6 is 0 Å². The second-order valence-electron chi connectivity index (χ2n) is 4.30. The fraction of sp³-hybridized carbons (Fsp3) is 0.818. The van der Waals surface area contributed by atoms with Gasteiger partial charge in [-0.25, -0.2) is 0 Å². The van der Waals surface area contributed by atoms with Crippen molar-refractivity contribution in [3.63, 3.8) is 0 Å². The van der Waals surface area contributed by atoms with E-state index in [4.69, 9.17) is 5.11 Å². The van der Waals surface area contributed by atoms with Crippen LogP contribution in [0.15, 0.2) is 0 Å². The average Bonchev–Trinajstić information content (AvgIpc) is 2.08. The summed E-state index contributed by atoms with van der Waals surface area (Å²) in [5, 5.41) is 8.56. The maximum Gasteiger partial charge on any atom is 0.304 e. The number of hydrogen-bond acceptors (Lipinski definition) is 3. The molecular formula is C11H21NO3. The van der Waals surface area contributed by atoms with E-state index >= 15 is 0 Å². The van der Waals surface area contributed by atoms with Gasteiger partial charge in [-0.2, -0.15) is 0 Å². The average molecular weight is 215 g/mol. The number of carbonyl (C=O) groups is 2. The molecule has 0 aliphatic rings. The van der Waals surface area contributed by atoms with Crippen LogP contribution in [0.1, 0.15) is 33.6 Å². The highest BCUT2D eigenvalue weighted by atomic mass is 16.4. The molecule has 0 aliphatic carbocycles. The zero-order valence-electron chi connectivity index (χ0n) is 9.82. The summed E-state index contributed by atoms with van der Waals surface area (Å²) >= 11 is 0. The molecule has 0 saturated carbocycles. The molecule has 0 aromatic carbocycles. The first kappa shape index (κ1) is 14.1. The second kappa shape index (κ2) is 7.40. The molecule has 88 valence electrons. The molecule has 1 N–H and O–H groups in total. The van der Waals surface area contributed by atoms with Crippen molar-refractivity contribution in [2.75, 3.05) is 19.6 Å². The van der Waals surface area contributed by atoms with E-state index in [-0.39, 0.29) is 12.2 Å². The molecule has 0 bridgehead atoms. The Kier molecular flexibility index (Phi) is 6.96. The molecule has 0 heterocycles. The molecule has 0 radical (unpaired) electrons. The van der Waals surface area contributed by atoms with Gasteiger partial charge < -0.3 is 5.11 Å². The Balaban J connectivity index is 3.94. The number of ketones is 1. The number of carboxylic acids is 1. The minimum absolute atomic E-state index is 0.0872. The van der Waals surface area contributed by atoms with Crippen LogP contribution in [-0.4, -0.2) is 41.4 Å². The molecule has 0 fully saturated rings. The lowest BCUT2D eigenvalue weighted by atomic mass is 10.1. The first-order chi connectivity index (χ1) is 6.91. The van der Waals surface area contributed by atoms with Crippen LogP contribution in [0.3, 0.4) is 0 Å². The summed E-state index contributed by atoms with van der Waals surface area (Å²) in [5.74, 6) is -0.151. The number of nitrogens with zero attached hydrogens (tertiary/aromatic N) is 1. The smallest absolute Gasteiger partial charge is 0.304 e. The molecule has 0 unspecified atom stereocenters. The first-order valence-corrected chi connectivity index (χ1v) is 5.35. The third-order valence-corrected chi connectivity index (χ3v) is 2.11. The topological polar surface area (TPSA) is 57.6 Å². The van der Waals surface area contributed by atoms with Crippen molar-refractivity contribution >= 4 is 11.8 Å². The zero-order chi connectivity index (χ0) is 11.8. The highest BCUT2D eigenvalue weighted by Crippen LogP contribution is 2.03. The van der Waals surface area contributed by atoms with Gasteiger partial charge in [-0.3, -0.25) is 14.5 Å². The number of carbonyl (C=O) groups excluding carboxylic acids is 1. The van der Waals surface area contributed by atoms with Crippen molar-refractivity contribution in [1.82, 2.24) is 4.90 Å². The summed E-state index contributed by atoms with van der Waals surface area (Å²) in [4.78, 5) is 23.3. The first-order valence-electron chi connectivity index (χ1n) is 5.35. The minimum atomic E-state index is -0.812. The number of carboxylic acid groups (broad SMARTS) is 1. The molecule has 0 aromatic heterocycles. The maximum atomic E-state index is 11.0. The number of aliphatic carboxylic acids is 1. The Morgan fingerprint density at radius 3 is 2.27 bits per heavy atom. The minimum Gasteiger partial charge on any atom is -0.481 e. The van der Waals surface area contributed by atoms with Crippen LogP contribution in [0.5, 0.6) is 0 Å². The lowest BCUT2D eigenvalue weighted by Gasteiger charge is -2.20. The van der Waals surface area contributed by atoms with Crippen molar-refractivity contribution in [2.24, 2.45) is 5.92 Å². The number of rotatable bonds is 8. The van der Waals surface area contributed by atoms with Gasteiger partial charge in [0, 0.05) is 6.54 Å². The predicted octanol–water partition coefficient (Wildman–Crippen LogP) is 1.40. The summed E-state index contributed by atoms with van der Waals surface area (Å²) in [5.41, 5.74) is 0. The van der Waals surface area contributed by atoms with Crippen LogP contribution < -0.4 is 0 Å². The molecule has 0 spiro atoms. The lowest BCUT2D eigenvalue weighted by Crippen LogP contribution is -2.32. The van der Waals surface area contributed by atoms with Crippen molar-refractivity contribution in [3.05, 3.63) is 0 Å². The molecule has 15 heavy (non-hydrogen) atoms. The van der Waals surface area contributed by atoms with E-state index in [1.54, 1.807) is 0 Å². The van der Waals surface area contributed by atoms with Gasteiger partial charge in [-0.1, -0.05) is 13.8 Å². The normalized spacial score (nSPS) is 11.0. The monoisotopic (exact) mass is 215 g/mol. The summed E-state index contributed by atoms with van der Waals surface area (Å²) in [6, 6.07) is 0. The SMILES string of the molecule is CC(=O)CN(CCC(=O)O)CCC(C)C. The second-order valence-corrected chi connectivity index (χ2v) is 4.30.